The summed E-state index contributed by atoms with van der Waals surface area (Å²) < 4.78 is 10.4. The van der Waals surface area contributed by atoms with E-state index in [0.29, 0.717) is 32.7 Å². The van der Waals surface area contributed by atoms with E-state index in [1.807, 2.05) is 0 Å². The molecule has 2 aromatic carbocycles. The zero-order valence-electron chi connectivity index (χ0n) is 12.1. The molecule has 0 aliphatic rings. The zero-order valence-corrected chi connectivity index (χ0v) is 13.6. The molecule has 24 heavy (non-hydrogen) atoms. The van der Waals surface area contributed by atoms with Crippen molar-refractivity contribution >= 4 is 29.2 Å². The standard InChI is InChI=1S/C16H10Cl2N2O4/c17-12-5-4-9(7-13(12)18)15-19-16(24-20-15)10-2-1-3-11(6-10)23-8-14(21)22/h1-7H,8H2,(H,21,22). The third kappa shape index (κ3) is 3.67. The molecule has 0 fully saturated rings. The van der Waals surface area contributed by atoms with Gasteiger partial charge in [0.05, 0.1) is 10.0 Å². The van der Waals surface area contributed by atoms with Crippen LogP contribution in [0.1, 0.15) is 0 Å². The van der Waals surface area contributed by atoms with Crippen molar-refractivity contribution in [3.05, 3.63) is 52.5 Å². The Kier molecular flexibility index (Phi) is 4.69. The lowest BCUT2D eigenvalue weighted by Gasteiger charge is -2.03. The van der Waals surface area contributed by atoms with Crippen LogP contribution in [-0.2, 0) is 4.79 Å². The van der Waals surface area contributed by atoms with Gasteiger partial charge in [0.2, 0.25) is 5.82 Å². The summed E-state index contributed by atoms with van der Waals surface area (Å²) in [4.78, 5) is 14.9. The molecule has 0 aliphatic carbocycles. The molecular formula is C16H10Cl2N2O4. The molecule has 1 aromatic heterocycles. The summed E-state index contributed by atoms with van der Waals surface area (Å²) in [5.41, 5.74) is 1.27. The molecule has 0 atom stereocenters. The molecule has 6 nitrogen and oxygen atoms in total. The molecule has 0 radical (unpaired) electrons. The lowest BCUT2D eigenvalue weighted by molar-refractivity contribution is -0.139. The lowest BCUT2D eigenvalue weighted by atomic mass is 10.2. The minimum Gasteiger partial charge on any atom is -0.482 e. The van der Waals surface area contributed by atoms with Gasteiger partial charge in [-0.2, -0.15) is 4.98 Å². The summed E-state index contributed by atoms with van der Waals surface area (Å²) in [5.74, 6) is -0.0263. The van der Waals surface area contributed by atoms with Gasteiger partial charge >= 0.3 is 5.97 Å². The first-order chi connectivity index (χ1) is 11.5. The van der Waals surface area contributed by atoms with Gasteiger partial charge in [-0.3, -0.25) is 0 Å². The zero-order chi connectivity index (χ0) is 17.1. The van der Waals surface area contributed by atoms with Crippen molar-refractivity contribution in [2.45, 2.75) is 0 Å². The van der Waals surface area contributed by atoms with Crippen molar-refractivity contribution < 1.29 is 19.2 Å². The molecule has 0 bridgehead atoms. The second-order valence-electron chi connectivity index (χ2n) is 4.76. The quantitative estimate of drug-likeness (QED) is 0.730. The highest BCUT2D eigenvalue weighted by Crippen LogP contribution is 2.29. The SMILES string of the molecule is O=C(O)COc1cccc(-c2nc(-c3ccc(Cl)c(Cl)c3)no2)c1. The average molecular weight is 365 g/mol. The topological polar surface area (TPSA) is 85.5 Å². The highest BCUT2D eigenvalue weighted by atomic mass is 35.5. The first-order valence-electron chi connectivity index (χ1n) is 6.77. The van der Waals surface area contributed by atoms with Crippen molar-refractivity contribution in [2.75, 3.05) is 6.61 Å². The van der Waals surface area contributed by atoms with Gasteiger partial charge in [-0.25, -0.2) is 4.79 Å². The number of carbonyl (C=O) groups is 1. The van der Waals surface area contributed by atoms with Gasteiger partial charge in [0.15, 0.2) is 6.61 Å². The highest BCUT2D eigenvalue weighted by Gasteiger charge is 2.12. The maximum absolute atomic E-state index is 10.6. The maximum Gasteiger partial charge on any atom is 0.341 e. The second kappa shape index (κ2) is 6.90. The highest BCUT2D eigenvalue weighted by molar-refractivity contribution is 6.42. The number of halogens is 2. The third-order valence-corrected chi connectivity index (χ3v) is 3.79. The Morgan fingerprint density at radius 3 is 2.71 bits per heavy atom. The number of aromatic nitrogens is 2. The normalized spacial score (nSPS) is 10.6. The molecule has 3 rings (SSSR count). The monoisotopic (exact) mass is 364 g/mol. The van der Waals surface area contributed by atoms with Gasteiger partial charge in [-0.15, -0.1) is 0 Å². The van der Waals surface area contributed by atoms with E-state index in [-0.39, 0.29) is 5.89 Å². The Labute approximate surface area is 146 Å². The van der Waals surface area contributed by atoms with E-state index >= 15 is 0 Å². The molecule has 0 aliphatic heterocycles. The molecule has 122 valence electrons. The van der Waals surface area contributed by atoms with Crippen molar-refractivity contribution in [3.63, 3.8) is 0 Å². The van der Waals surface area contributed by atoms with Crippen LogP contribution in [0.2, 0.25) is 10.0 Å². The van der Waals surface area contributed by atoms with Crippen LogP contribution >= 0.6 is 23.2 Å². The second-order valence-corrected chi connectivity index (χ2v) is 5.58. The first kappa shape index (κ1) is 16.3. The van der Waals surface area contributed by atoms with Gasteiger partial charge in [-0.05, 0) is 36.4 Å². The number of nitrogens with zero attached hydrogens (tertiary/aromatic N) is 2. The van der Waals surface area contributed by atoms with Gasteiger partial charge in [-0.1, -0.05) is 34.4 Å². The Bertz CT molecular complexity index is 895. The van der Waals surface area contributed by atoms with Crippen LogP contribution < -0.4 is 4.74 Å². The molecule has 3 aromatic rings. The summed E-state index contributed by atoms with van der Waals surface area (Å²) in [6.07, 6.45) is 0. The summed E-state index contributed by atoms with van der Waals surface area (Å²) in [7, 11) is 0. The van der Waals surface area contributed by atoms with Crippen molar-refractivity contribution in [1.82, 2.24) is 10.1 Å². The molecule has 8 heteroatoms. The predicted molar refractivity (Wildman–Crippen MR) is 88.3 cm³/mol. The average Bonchev–Trinajstić information content (AvgIpc) is 3.06. The Hall–Kier alpha value is -2.57. The fourth-order valence-electron chi connectivity index (χ4n) is 1.96. The predicted octanol–water partition coefficient (Wildman–Crippen LogP) is 4.17. The molecule has 1 N–H and O–H groups in total. The van der Waals surface area contributed by atoms with Crippen LogP contribution in [0.5, 0.6) is 5.75 Å². The summed E-state index contributed by atoms with van der Waals surface area (Å²) >= 11 is 11.9. The number of aliphatic carboxylic acids is 1. The van der Waals surface area contributed by atoms with Crippen LogP contribution in [0.4, 0.5) is 0 Å². The Morgan fingerprint density at radius 2 is 1.96 bits per heavy atom. The Balaban J connectivity index is 1.86. The van der Waals surface area contributed by atoms with Crippen molar-refractivity contribution in [2.24, 2.45) is 0 Å². The fourth-order valence-corrected chi connectivity index (χ4v) is 2.26. The van der Waals surface area contributed by atoms with Gasteiger partial charge in [0.1, 0.15) is 5.75 Å². The lowest BCUT2D eigenvalue weighted by Crippen LogP contribution is -2.09. The number of hydrogen-bond acceptors (Lipinski definition) is 5. The number of hydrogen-bond donors (Lipinski definition) is 1. The fraction of sp³-hybridized carbons (Fsp3) is 0.0625. The van der Waals surface area contributed by atoms with Crippen LogP contribution in [-0.4, -0.2) is 27.8 Å². The van der Waals surface area contributed by atoms with E-state index in [4.69, 9.17) is 37.6 Å². The minimum absolute atomic E-state index is 0.275. The number of carboxylic acids is 1. The van der Waals surface area contributed by atoms with E-state index in [1.54, 1.807) is 42.5 Å². The van der Waals surface area contributed by atoms with Crippen LogP contribution in [0.25, 0.3) is 22.8 Å². The van der Waals surface area contributed by atoms with Gasteiger partial charge in [0.25, 0.3) is 5.89 Å². The third-order valence-electron chi connectivity index (χ3n) is 3.05. The summed E-state index contributed by atoms with van der Waals surface area (Å²) in [6.45, 7) is -0.429. The van der Waals surface area contributed by atoms with E-state index in [1.165, 1.54) is 0 Å². The van der Waals surface area contributed by atoms with E-state index < -0.39 is 12.6 Å². The summed E-state index contributed by atoms with van der Waals surface area (Å²) in [6, 6.07) is 11.7. The number of ether oxygens (including phenoxy) is 1. The first-order valence-corrected chi connectivity index (χ1v) is 7.52. The maximum atomic E-state index is 10.6. The molecule has 0 saturated carbocycles. The number of benzene rings is 2. The number of rotatable bonds is 5. The minimum atomic E-state index is -1.06. The molecule has 0 amide bonds. The van der Waals surface area contributed by atoms with Crippen molar-refractivity contribution in [3.8, 4) is 28.6 Å². The molecule has 0 spiro atoms. The summed E-state index contributed by atoms with van der Waals surface area (Å²) in [5, 5.41) is 13.4. The van der Waals surface area contributed by atoms with Crippen LogP contribution in [0.3, 0.4) is 0 Å². The smallest absolute Gasteiger partial charge is 0.341 e. The van der Waals surface area contributed by atoms with Gasteiger partial charge < -0.3 is 14.4 Å². The Morgan fingerprint density at radius 1 is 1.12 bits per heavy atom. The van der Waals surface area contributed by atoms with E-state index in [0.717, 1.165) is 0 Å². The molecule has 1 heterocycles. The molecular weight excluding hydrogens is 355 g/mol. The van der Waals surface area contributed by atoms with E-state index in [9.17, 15) is 4.79 Å². The largest absolute Gasteiger partial charge is 0.482 e. The van der Waals surface area contributed by atoms with Gasteiger partial charge in [0, 0.05) is 11.1 Å². The van der Waals surface area contributed by atoms with E-state index in [2.05, 4.69) is 10.1 Å². The molecule has 0 unspecified atom stereocenters. The number of carboxylic acid groups (broad SMARTS) is 1. The van der Waals surface area contributed by atoms with Crippen molar-refractivity contribution in [1.29, 1.82) is 0 Å². The van der Waals surface area contributed by atoms with Crippen LogP contribution in [0.15, 0.2) is 47.0 Å². The van der Waals surface area contributed by atoms with Crippen LogP contribution in [0, 0.1) is 0 Å². The molecule has 0 saturated heterocycles.